The van der Waals surface area contributed by atoms with Gasteiger partial charge in [0, 0.05) is 13.1 Å². The van der Waals surface area contributed by atoms with Gasteiger partial charge < -0.3 is 9.47 Å². The van der Waals surface area contributed by atoms with Crippen LogP contribution in [0.3, 0.4) is 0 Å². The van der Waals surface area contributed by atoms with Gasteiger partial charge in [0.05, 0.1) is 18.9 Å². The van der Waals surface area contributed by atoms with Gasteiger partial charge in [-0.1, -0.05) is 0 Å². The van der Waals surface area contributed by atoms with Gasteiger partial charge in [0.2, 0.25) is 10.0 Å². The molecule has 2 saturated heterocycles. The second-order valence-electron chi connectivity index (χ2n) is 4.81. The van der Waals surface area contributed by atoms with Gasteiger partial charge in [0.1, 0.15) is 0 Å². The van der Waals surface area contributed by atoms with Crippen LogP contribution < -0.4 is 0 Å². The first kappa shape index (κ1) is 14.9. The van der Waals surface area contributed by atoms with Gasteiger partial charge in [-0.3, -0.25) is 14.4 Å². The molecule has 0 aromatic heterocycles. The van der Waals surface area contributed by atoms with Crippen LogP contribution >= 0.6 is 0 Å². The number of esters is 3. The molecule has 0 aliphatic carbocycles. The van der Waals surface area contributed by atoms with Gasteiger partial charge in [-0.2, -0.15) is 0 Å². The fourth-order valence-electron chi connectivity index (χ4n) is 2.44. The topological polar surface area (TPSA) is 107 Å². The summed E-state index contributed by atoms with van der Waals surface area (Å²) in [6.07, 6.45) is 0.211. The molecule has 2 fully saturated rings. The van der Waals surface area contributed by atoms with Crippen LogP contribution in [-0.2, 0) is 33.9 Å². The summed E-state index contributed by atoms with van der Waals surface area (Å²) in [4.78, 5) is 34.2. The minimum absolute atomic E-state index is 0.0766. The number of nitrogens with zero attached hydrogens (tertiary/aromatic N) is 1. The van der Waals surface area contributed by atoms with Crippen molar-refractivity contribution >= 4 is 27.9 Å². The van der Waals surface area contributed by atoms with Gasteiger partial charge >= 0.3 is 17.9 Å². The molecule has 3 atom stereocenters. The number of methoxy groups -OCH3 is 1. The summed E-state index contributed by atoms with van der Waals surface area (Å²) >= 11 is 0. The minimum atomic E-state index is -3.91. The van der Waals surface area contributed by atoms with Gasteiger partial charge in [-0.25, -0.2) is 12.7 Å². The summed E-state index contributed by atoms with van der Waals surface area (Å²) < 4.78 is 34.5. The van der Waals surface area contributed by atoms with Crippen LogP contribution in [0.4, 0.5) is 0 Å². The lowest BCUT2D eigenvalue weighted by atomic mass is 9.89. The number of hydrogen-bond acceptors (Lipinski definition) is 7. The summed E-state index contributed by atoms with van der Waals surface area (Å²) in [5, 5.41) is -1.35. The lowest BCUT2D eigenvalue weighted by Gasteiger charge is -2.31. The standard InChI is InChI=1S/C11H15NO7S/c1-6(9(13)18-2)20(16,17)12-4-3-7-8(5-12)11(15)19-10(7)14/h6-8H,3-5H2,1-2H3. The van der Waals surface area contributed by atoms with Crippen LogP contribution in [0.2, 0.25) is 0 Å². The predicted molar refractivity (Wildman–Crippen MR) is 64.7 cm³/mol. The fourth-order valence-corrected chi connectivity index (χ4v) is 3.95. The second kappa shape index (κ2) is 5.13. The van der Waals surface area contributed by atoms with Crippen molar-refractivity contribution in [3.05, 3.63) is 0 Å². The lowest BCUT2D eigenvalue weighted by Crippen LogP contribution is -2.49. The van der Waals surface area contributed by atoms with E-state index in [0.29, 0.717) is 0 Å². The van der Waals surface area contributed by atoms with Crippen molar-refractivity contribution in [2.45, 2.75) is 18.6 Å². The Bertz CT molecular complexity index is 555. The molecule has 0 amide bonds. The molecule has 0 saturated carbocycles. The Balaban J connectivity index is 2.17. The first-order valence-corrected chi connectivity index (χ1v) is 7.61. The van der Waals surface area contributed by atoms with E-state index in [1.54, 1.807) is 0 Å². The molecule has 2 rings (SSSR count). The van der Waals surface area contributed by atoms with Crippen molar-refractivity contribution in [2.75, 3.05) is 20.2 Å². The van der Waals surface area contributed by atoms with E-state index in [1.165, 1.54) is 6.92 Å². The van der Waals surface area contributed by atoms with Crippen molar-refractivity contribution in [3.8, 4) is 0 Å². The highest BCUT2D eigenvalue weighted by molar-refractivity contribution is 7.90. The van der Waals surface area contributed by atoms with E-state index in [4.69, 9.17) is 0 Å². The maximum atomic E-state index is 12.3. The number of ether oxygens (including phenoxy) is 2. The van der Waals surface area contributed by atoms with Crippen LogP contribution in [0, 0.1) is 11.8 Å². The minimum Gasteiger partial charge on any atom is -0.468 e. The van der Waals surface area contributed by atoms with E-state index in [9.17, 15) is 22.8 Å². The maximum absolute atomic E-state index is 12.3. The number of piperidine rings is 1. The van der Waals surface area contributed by atoms with Crippen LogP contribution in [-0.4, -0.2) is 56.1 Å². The van der Waals surface area contributed by atoms with Crippen molar-refractivity contribution in [3.63, 3.8) is 0 Å². The molecular weight excluding hydrogens is 290 g/mol. The Morgan fingerprint density at radius 1 is 1.35 bits per heavy atom. The van der Waals surface area contributed by atoms with Crippen molar-refractivity contribution in [2.24, 2.45) is 11.8 Å². The van der Waals surface area contributed by atoms with E-state index < -0.39 is 45.0 Å². The summed E-state index contributed by atoms with van der Waals surface area (Å²) in [6, 6.07) is 0. The van der Waals surface area contributed by atoms with E-state index in [1.807, 2.05) is 0 Å². The quantitative estimate of drug-likeness (QED) is 0.481. The average molecular weight is 305 g/mol. The largest absolute Gasteiger partial charge is 0.468 e. The number of fused-ring (bicyclic) bond motifs is 1. The van der Waals surface area contributed by atoms with Crippen LogP contribution in [0.5, 0.6) is 0 Å². The molecule has 9 heteroatoms. The molecule has 0 bridgehead atoms. The molecule has 2 heterocycles. The van der Waals surface area contributed by atoms with Crippen molar-refractivity contribution < 1.29 is 32.3 Å². The Hall–Kier alpha value is -1.48. The first-order chi connectivity index (χ1) is 9.28. The molecule has 0 aromatic rings. The van der Waals surface area contributed by atoms with E-state index in [2.05, 4.69) is 9.47 Å². The molecule has 0 spiro atoms. The molecule has 3 unspecified atom stereocenters. The third-order valence-corrected chi connectivity index (χ3v) is 5.86. The third-order valence-electron chi connectivity index (χ3n) is 3.72. The van der Waals surface area contributed by atoms with Crippen molar-refractivity contribution in [1.29, 1.82) is 0 Å². The molecule has 8 nitrogen and oxygen atoms in total. The molecule has 0 aromatic carbocycles. The van der Waals surface area contributed by atoms with E-state index >= 15 is 0 Å². The smallest absolute Gasteiger partial charge is 0.325 e. The molecule has 0 radical (unpaired) electrons. The molecular formula is C11H15NO7S. The highest BCUT2D eigenvalue weighted by atomic mass is 32.2. The highest BCUT2D eigenvalue weighted by Crippen LogP contribution is 2.33. The molecule has 20 heavy (non-hydrogen) atoms. The zero-order chi connectivity index (χ0) is 15.1. The summed E-state index contributed by atoms with van der Waals surface area (Å²) in [5.74, 6) is -3.53. The third kappa shape index (κ3) is 2.31. The monoisotopic (exact) mass is 305 g/mol. The van der Waals surface area contributed by atoms with Crippen molar-refractivity contribution in [1.82, 2.24) is 4.31 Å². The molecule has 0 N–H and O–H groups in total. The Kier molecular flexibility index (Phi) is 3.83. The zero-order valence-corrected chi connectivity index (χ0v) is 11.9. The molecule has 2 aliphatic heterocycles. The van der Waals surface area contributed by atoms with Gasteiger partial charge in [-0.15, -0.1) is 0 Å². The fraction of sp³-hybridized carbons (Fsp3) is 0.727. The lowest BCUT2D eigenvalue weighted by molar-refractivity contribution is -0.153. The average Bonchev–Trinajstić information content (AvgIpc) is 2.72. The summed E-state index contributed by atoms with van der Waals surface area (Å²) in [7, 11) is -2.81. The van der Waals surface area contributed by atoms with E-state index in [0.717, 1.165) is 11.4 Å². The Morgan fingerprint density at radius 3 is 2.55 bits per heavy atom. The summed E-state index contributed by atoms with van der Waals surface area (Å²) in [5.41, 5.74) is 0. The van der Waals surface area contributed by atoms with Gasteiger partial charge in [-0.05, 0) is 13.3 Å². The van der Waals surface area contributed by atoms with Crippen LogP contribution in [0.15, 0.2) is 0 Å². The molecule has 2 aliphatic rings. The number of carbonyl (C=O) groups excluding carboxylic acids is 3. The number of hydrogen-bond donors (Lipinski definition) is 0. The van der Waals surface area contributed by atoms with E-state index in [-0.39, 0.29) is 19.5 Å². The number of rotatable bonds is 3. The molecule has 112 valence electrons. The van der Waals surface area contributed by atoms with Gasteiger partial charge in [0.15, 0.2) is 5.25 Å². The Labute approximate surface area is 116 Å². The number of sulfonamides is 1. The zero-order valence-electron chi connectivity index (χ0n) is 11.1. The number of carbonyl (C=O) groups is 3. The Morgan fingerprint density at radius 2 is 1.95 bits per heavy atom. The summed E-state index contributed by atoms with van der Waals surface area (Å²) in [6.45, 7) is 1.16. The predicted octanol–water partition coefficient (Wildman–Crippen LogP) is -1.10. The van der Waals surface area contributed by atoms with Crippen LogP contribution in [0.1, 0.15) is 13.3 Å². The van der Waals surface area contributed by atoms with Crippen LogP contribution in [0.25, 0.3) is 0 Å². The first-order valence-electron chi connectivity index (χ1n) is 6.11. The number of cyclic esters (lactones) is 2. The SMILES string of the molecule is COC(=O)C(C)S(=O)(=O)N1CCC2C(=O)OC(=O)C2C1. The van der Waals surface area contributed by atoms with Gasteiger partial charge in [0.25, 0.3) is 0 Å². The maximum Gasteiger partial charge on any atom is 0.325 e. The highest BCUT2D eigenvalue weighted by Gasteiger charge is 2.50. The second-order valence-corrected chi connectivity index (χ2v) is 7.06. The normalized spacial score (nSPS) is 28.7.